The second-order valence-electron chi connectivity index (χ2n) is 12.8. The first-order chi connectivity index (χ1) is 15.8. The molecule has 190 valence electrons. The van der Waals surface area contributed by atoms with Crippen LogP contribution in [0.25, 0.3) is 0 Å². The van der Waals surface area contributed by atoms with Gasteiger partial charge in [-0.3, -0.25) is 0 Å². The molecule has 0 amide bonds. The van der Waals surface area contributed by atoms with E-state index in [1.807, 2.05) is 0 Å². The first-order valence-electron chi connectivity index (χ1n) is 13.3. The Kier molecular flexibility index (Phi) is 7.12. The molecule has 2 aliphatic carbocycles. The van der Waals surface area contributed by atoms with Crippen LogP contribution in [0, 0.1) is 10.8 Å². The van der Waals surface area contributed by atoms with Crippen molar-refractivity contribution in [2.24, 2.45) is 10.8 Å². The molecule has 0 saturated carbocycles. The zero-order chi connectivity index (χ0) is 24.8. The van der Waals surface area contributed by atoms with Gasteiger partial charge in [-0.1, -0.05) is 61.4 Å². The second-order valence-corrected chi connectivity index (χ2v) is 12.8. The van der Waals surface area contributed by atoms with Crippen LogP contribution in [0.1, 0.15) is 92.9 Å². The van der Waals surface area contributed by atoms with Crippen LogP contribution >= 0.6 is 0 Å². The molecular formula is C30H46O4. The van der Waals surface area contributed by atoms with Crippen LogP contribution in [0.3, 0.4) is 0 Å². The van der Waals surface area contributed by atoms with Crippen LogP contribution in [0.15, 0.2) is 47.6 Å². The van der Waals surface area contributed by atoms with E-state index in [9.17, 15) is 10.2 Å². The fraction of sp³-hybridized carbons (Fsp3) is 0.733. The second kappa shape index (κ2) is 9.35. The van der Waals surface area contributed by atoms with Crippen molar-refractivity contribution in [3.05, 3.63) is 47.6 Å². The van der Waals surface area contributed by atoms with E-state index in [1.54, 1.807) is 0 Å². The number of aliphatic hydroxyl groups excluding tert-OH is 2. The molecule has 2 saturated heterocycles. The van der Waals surface area contributed by atoms with Crippen LogP contribution in [0.5, 0.6) is 0 Å². The lowest BCUT2D eigenvalue weighted by molar-refractivity contribution is 0.0474. The summed E-state index contributed by atoms with van der Waals surface area (Å²) in [5.41, 5.74) is 2.25. The minimum atomic E-state index is -0.287. The summed E-state index contributed by atoms with van der Waals surface area (Å²) in [6, 6.07) is 0. The molecule has 0 aromatic carbocycles. The molecule has 4 nitrogen and oxygen atoms in total. The van der Waals surface area contributed by atoms with Gasteiger partial charge in [0, 0.05) is 10.8 Å². The minimum absolute atomic E-state index is 0.00934. The highest BCUT2D eigenvalue weighted by atomic mass is 16.6. The quantitative estimate of drug-likeness (QED) is 0.311. The van der Waals surface area contributed by atoms with Gasteiger partial charge in [0.15, 0.2) is 0 Å². The average Bonchev–Trinajstić information content (AvgIpc) is 3.60. The molecule has 2 aliphatic heterocycles. The Morgan fingerprint density at radius 3 is 1.41 bits per heavy atom. The zero-order valence-electron chi connectivity index (χ0n) is 22.1. The molecule has 4 aliphatic rings. The molecule has 4 rings (SSSR count). The molecule has 2 heterocycles. The first kappa shape index (κ1) is 25.9. The monoisotopic (exact) mass is 470 g/mol. The highest BCUT2D eigenvalue weighted by molar-refractivity contribution is 5.32. The van der Waals surface area contributed by atoms with Gasteiger partial charge < -0.3 is 19.7 Å². The van der Waals surface area contributed by atoms with Crippen LogP contribution in [0.2, 0.25) is 0 Å². The van der Waals surface area contributed by atoms with E-state index in [1.165, 1.54) is 11.1 Å². The van der Waals surface area contributed by atoms with Crippen molar-refractivity contribution in [1.29, 1.82) is 0 Å². The van der Waals surface area contributed by atoms with E-state index in [0.29, 0.717) is 12.2 Å². The molecule has 0 aromatic rings. The molecule has 2 fully saturated rings. The Bertz CT molecular complexity index is 806. The van der Waals surface area contributed by atoms with Gasteiger partial charge in [-0.15, -0.1) is 0 Å². The highest BCUT2D eigenvalue weighted by Gasteiger charge is 2.49. The summed E-state index contributed by atoms with van der Waals surface area (Å²) in [4.78, 5) is 0. The lowest BCUT2D eigenvalue weighted by atomic mass is 9.72. The van der Waals surface area contributed by atoms with Crippen molar-refractivity contribution in [3.8, 4) is 0 Å². The van der Waals surface area contributed by atoms with Crippen molar-refractivity contribution < 1.29 is 19.7 Å². The molecule has 6 atom stereocenters. The van der Waals surface area contributed by atoms with Gasteiger partial charge in [-0.2, -0.15) is 0 Å². The number of allylic oxidation sites excluding steroid dienone is 6. The van der Waals surface area contributed by atoms with E-state index in [4.69, 9.17) is 9.47 Å². The fourth-order valence-corrected chi connectivity index (χ4v) is 5.91. The summed E-state index contributed by atoms with van der Waals surface area (Å²) in [7, 11) is 0. The molecule has 0 radical (unpaired) electrons. The number of epoxide rings is 2. The van der Waals surface area contributed by atoms with E-state index in [2.05, 4.69) is 78.0 Å². The number of aliphatic hydroxyl groups is 2. The maximum absolute atomic E-state index is 10.7. The molecule has 4 unspecified atom stereocenters. The van der Waals surface area contributed by atoms with Gasteiger partial charge in [0.05, 0.1) is 35.6 Å². The molecule has 4 heteroatoms. The van der Waals surface area contributed by atoms with Crippen LogP contribution < -0.4 is 0 Å². The highest BCUT2D eigenvalue weighted by Crippen LogP contribution is 2.46. The minimum Gasteiger partial charge on any atom is -0.392 e. The molecule has 0 aromatic heterocycles. The SMILES string of the molecule is CC1(CCC2OC2(C)C)C=C(/C=C/C=C/C2=C[C@](C)(CCC3OC3(C)C)[C@@H](O)CC2)CCC1O. The summed E-state index contributed by atoms with van der Waals surface area (Å²) >= 11 is 0. The number of hydrogen-bond donors (Lipinski definition) is 2. The van der Waals surface area contributed by atoms with E-state index >= 15 is 0 Å². The van der Waals surface area contributed by atoms with Gasteiger partial charge >= 0.3 is 0 Å². The van der Waals surface area contributed by atoms with Crippen molar-refractivity contribution in [1.82, 2.24) is 0 Å². The Balaban J connectivity index is 1.34. The fourth-order valence-electron chi connectivity index (χ4n) is 5.91. The smallest absolute Gasteiger partial charge is 0.0892 e. The van der Waals surface area contributed by atoms with E-state index < -0.39 is 0 Å². The van der Waals surface area contributed by atoms with Gasteiger partial charge in [0.25, 0.3) is 0 Å². The lowest BCUT2D eigenvalue weighted by Crippen LogP contribution is -2.34. The third-order valence-corrected chi connectivity index (χ3v) is 8.92. The predicted octanol–water partition coefficient (Wildman–Crippen LogP) is 6.19. The predicted molar refractivity (Wildman–Crippen MR) is 138 cm³/mol. The van der Waals surface area contributed by atoms with Gasteiger partial charge in [0.2, 0.25) is 0 Å². The van der Waals surface area contributed by atoms with Crippen molar-refractivity contribution >= 4 is 0 Å². The molecule has 0 bridgehead atoms. The Morgan fingerprint density at radius 2 is 1.09 bits per heavy atom. The van der Waals surface area contributed by atoms with E-state index in [-0.39, 0.29) is 34.2 Å². The van der Waals surface area contributed by atoms with Crippen molar-refractivity contribution in [2.75, 3.05) is 0 Å². The number of hydrogen-bond acceptors (Lipinski definition) is 4. The third-order valence-electron chi connectivity index (χ3n) is 8.92. The topological polar surface area (TPSA) is 65.5 Å². The number of rotatable bonds is 9. The Morgan fingerprint density at radius 1 is 0.735 bits per heavy atom. The van der Waals surface area contributed by atoms with Gasteiger partial charge in [-0.05, 0) is 79.1 Å². The van der Waals surface area contributed by atoms with Crippen molar-refractivity contribution in [2.45, 2.75) is 129 Å². The normalized spacial score (nSPS) is 40.9. The third kappa shape index (κ3) is 5.95. The summed E-state index contributed by atoms with van der Waals surface area (Å²) in [6.07, 6.45) is 20.6. The molecular weight excluding hydrogens is 424 g/mol. The van der Waals surface area contributed by atoms with Crippen LogP contribution in [-0.2, 0) is 9.47 Å². The maximum atomic E-state index is 10.7. The largest absolute Gasteiger partial charge is 0.392 e. The van der Waals surface area contributed by atoms with Crippen molar-refractivity contribution in [3.63, 3.8) is 0 Å². The number of ether oxygens (including phenoxy) is 2. The molecule has 34 heavy (non-hydrogen) atoms. The standard InChI is InChI=1S/C30H46O4/c1-27(2)25(33-27)15-17-29(5)19-21(11-13-23(29)31)9-7-8-10-22-12-14-24(32)30(6,20-22)18-16-26-28(3,4)34-26/h7-10,19-20,23-26,31-32H,11-18H2,1-6H3/b9-7+,10-8+/t23-,24?,25?,26?,29-,30?/m0/s1. The van der Waals surface area contributed by atoms with Gasteiger partial charge in [-0.25, -0.2) is 0 Å². The Labute approximate surface area is 206 Å². The maximum Gasteiger partial charge on any atom is 0.0892 e. The van der Waals surface area contributed by atoms with Crippen LogP contribution in [0.4, 0.5) is 0 Å². The van der Waals surface area contributed by atoms with E-state index in [0.717, 1.165) is 51.4 Å². The van der Waals surface area contributed by atoms with Crippen LogP contribution in [-0.4, -0.2) is 45.8 Å². The Hall–Kier alpha value is -1.20. The zero-order valence-corrected chi connectivity index (χ0v) is 22.1. The first-order valence-corrected chi connectivity index (χ1v) is 13.3. The molecule has 0 spiro atoms. The average molecular weight is 471 g/mol. The summed E-state index contributed by atoms with van der Waals surface area (Å²) in [5, 5.41) is 21.3. The van der Waals surface area contributed by atoms with Gasteiger partial charge in [0.1, 0.15) is 0 Å². The summed E-state index contributed by atoms with van der Waals surface area (Å²) < 4.78 is 11.5. The lowest BCUT2D eigenvalue weighted by Gasteiger charge is -2.36. The molecule has 2 N–H and O–H groups in total. The summed E-state index contributed by atoms with van der Waals surface area (Å²) in [6.45, 7) is 12.9. The summed E-state index contributed by atoms with van der Waals surface area (Å²) in [5.74, 6) is 0.